The molecule has 128 valence electrons. The van der Waals surface area contributed by atoms with Crippen LogP contribution in [0.1, 0.15) is 11.1 Å². The molecule has 2 nitrogen and oxygen atoms in total. The third-order valence-electron chi connectivity index (χ3n) is 5.04. The lowest BCUT2D eigenvalue weighted by Gasteiger charge is -2.28. The average molecular weight is 346 g/mol. The Morgan fingerprint density at radius 2 is 1.22 bits per heavy atom. The van der Waals surface area contributed by atoms with E-state index in [1.54, 1.807) is 0 Å². The summed E-state index contributed by atoms with van der Waals surface area (Å²) in [7, 11) is 0. The quantitative estimate of drug-likeness (QED) is 0.354. The molecule has 27 heavy (non-hydrogen) atoms. The van der Waals surface area contributed by atoms with Gasteiger partial charge in [0, 0.05) is 16.8 Å². The summed E-state index contributed by atoms with van der Waals surface area (Å²) in [5, 5.41) is 9.90. The fraction of sp³-hybridized carbons (Fsp3) is 0. The molecule has 0 fully saturated rings. The van der Waals surface area contributed by atoms with E-state index in [0.717, 1.165) is 0 Å². The van der Waals surface area contributed by atoms with Gasteiger partial charge in [-0.25, -0.2) is 0 Å². The summed E-state index contributed by atoms with van der Waals surface area (Å²) in [6, 6.07) is 33.9. The first-order chi connectivity index (χ1) is 13.4. The van der Waals surface area contributed by atoms with Gasteiger partial charge in [-0.3, -0.25) is 0 Å². The van der Waals surface area contributed by atoms with Gasteiger partial charge in [0.05, 0.1) is 0 Å². The van der Waals surface area contributed by atoms with Crippen LogP contribution in [0.4, 0.5) is 11.4 Å². The Bertz CT molecular complexity index is 1080. The Morgan fingerprint density at radius 1 is 0.630 bits per heavy atom. The molecule has 1 heterocycles. The van der Waals surface area contributed by atoms with Crippen LogP contribution in [0, 0.1) is 0 Å². The molecule has 4 aromatic carbocycles. The molecule has 1 aliphatic rings. The first-order valence-electron chi connectivity index (χ1n) is 9.25. The first-order valence-corrected chi connectivity index (χ1v) is 9.25. The molecule has 0 spiro atoms. The second-order valence-electron chi connectivity index (χ2n) is 6.81. The van der Waals surface area contributed by atoms with Crippen LogP contribution in [-0.2, 0) is 0 Å². The number of rotatable bonds is 3. The van der Waals surface area contributed by atoms with Crippen molar-refractivity contribution in [3.05, 3.63) is 108 Å². The molecule has 0 atom stereocenters. The smallest absolute Gasteiger partial charge is 0.405 e. The van der Waals surface area contributed by atoms with Crippen molar-refractivity contribution in [2.24, 2.45) is 0 Å². The Balaban J connectivity index is 1.62. The van der Waals surface area contributed by atoms with Crippen LogP contribution < -0.4 is 10.5 Å². The van der Waals surface area contributed by atoms with Crippen molar-refractivity contribution in [1.82, 2.24) is 0 Å². The van der Waals surface area contributed by atoms with Crippen molar-refractivity contribution in [3.63, 3.8) is 0 Å². The monoisotopic (exact) mass is 346 g/mol. The third kappa shape index (κ3) is 2.98. The molecule has 4 aromatic rings. The van der Waals surface area contributed by atoms with Gasteiger partial charge in [0.2, 0.25) is 0 Å². The van der Waals surface area contributed by atoms with Gasteiger partial charge >= 0.3 is 6.98 Å². The van der Waals surface area contributed by atoms with Crippen molar-refractivity contribution >= 4 is 40.7 Å². The lowest BCUT2D eigenvalue weighted by molar-refractivity contribution is 1.58. The Morgan fingerprint density at radius 3 is 1.85 bits per heavy atom. The highest BCUT2D eigenvalue weighted by Crippen LogP contribution is 2.36. The Kier molecular flexibility index (Phi) is 3.91. The lowest BCUT2D eigenvalue weighted by Crippen LogP contribution is -2.38. The number of hydrogen-bond donors (Lipinski definition) is 2. The van der Waals surface area contributed by atoms with Crippen molar-refractivity contribution in [3.8, 4) is 0 Å². The van der Waals surface area contributed by atoms with Crippen LogP contribution in [0.3, 0.4) is 0 Å². The summed E-state index contributed by atoms with van der Waals surface area (Å²) in [6.45, 7) is -0.00638. The van der Waals surface area contributed by atoms with E-state index in [0.29, 0.717) is 0 Å². The Hall–Kier alpha value is -3.46. The van der Waals surface area contributed by atoms with Crippen LogP contribution in [0.2, 0.25) is 0 Å². The fourth-order valence-corrected chi connectivity index (χ4v) is 3.78. The molecule has 0 saturated carbocycles. The van der Waals surface area contributed by atoms with E-state index in [2.05, 4.69) is 108 Å². The van der Waals surface area contributed by atoms with E-state index in [-0.39, 0.29) is 6.98 Å². The summed E-state index contributed by atoms with van der Waals surface area (Å²) in [4.78, 5) is 0. The SMILES string of the molecule is C(=C(\B1Nc2cccc3cccc(c23)N1)c1ccccc1)/c1ccccc1. The fourth-order valence-electron chi connectivity index (χ4n) is 3.78. The Labute approximate surface area is 159 Å². The molecule has 2 N–H and O–H groups in total. The highest BCUT2D eigenvalue weighted by Gasteiger charge is 2.28. The van der Waals surface area contributed by atoms with E-state index >= 15 is 0 Å². The maximum atomic E-state index is 3.70. The topological polar surface area (TPSA) is 24.1 Å². The molecule has 0 unspecified atom stereocenters. The predicted molar refractivity (Wildman–Crippen MR) is 118 cm³/mol. The summed E-state index contributed by atoms with van der Waals surface area (Å²) in [5.41, 5.74) is 5.95. The van der Waals surface area contributed by atoms with Crippen LogP contribution >= 0.6 is 0 Å². The van der Waals surface area contributed by atoms with Crippen LogP contribution in [0.5, 0.6) is 0 Å². The van der Waals surface area contributed by atoms with Gasteiger partial charge in [-0.1, -0.05) is 91.0 Å². The molecule has 3 heteroatoms. The van der Waals surface area contributed by atoms with Gasteiger partial charge in [-0.2, -0.15) is 0 Å². The van der Waals surface area contributed by atoms with Gasteiger partial charge in [0.15, 0.2) is 0 Å². The van der Waals surface area contributed by atoms with Gasteiger partial charge in [-0.15, -0.1) is 0 Å². The molecule has 0 radical (unpaired) electrons. The maximum absolute atomic E-state index is 3.70. The van der Waals surface area contributed by atoms with Gasteiger partial charge in [-0.05, 0) is 34.1 Å². The van der Waals surface area contributed by atoms with E-state index in [1.165, 1.54) is 38.7 Å². The van der Waals surface area contributed by atoms with Crippen molar-refractivity contribution in [2.45, 2.75) is 0 Å². The van der Waals surface area contributed by atoms with Crippen LogP contribution in [0.25, 0.3) is 22.3 Å². The molecule has 0 saturated heterocycles. The van der Waals surface area contributed by atoms with Crippen molar-refractivity contribution in [1.29, 1.82) is 0 Å². The van der Waals surface area contributed by atoms with Crippen LogP contribution in [-0.4, -0.2) is 6.98 Å². The van der Waals surface area contributed by atoms with Gasteiger partial charge in [0.1, 0.15) is 0 Å². The molecule has 0 aliphatic carbocycles. The summed E-state index contributed by atoms with van der Waals surface area (Å²) < 4.78 is 0. The van der Waals surface area contributed by atoms with Crippen molar-refractivity contribution < 1.29 is 0 Å². The lowest BCUT2D eigenvalue weighted by atomic mass is 9.62. The highest BCUT2D eigenvalue weighted by atomic mass is 15.0. The summed E-state index contributed by atoms with van der Waals surface area (Å²) >= 11 is 0. The van der Waals surface area contributed by atoms with E-state index in [9.17, 15) is 0 Å². The van der Waals surface area contributed by atoms with E-state index in [1.807, 2.05) is 6.07 Å². The number of hydrogen-bond acceptors (Lipinski definition) is 2. The predicted octanol–water partition coefficient (Wildman–Crippen LogP) is 5.95. The molecular weight excluding hydrogens is 327 g/mol. The molecule has 0 bridgehead atoms. The molecular formula is C24H19BN2. The zero-order chi connectivity index (χ0) is 18.1. The standard InChI is InChI=1S/C24H19BN2/c1-3-9-18(10-4-1)17-21(19-11-5-2-6-12-19)25-26-22-15-7-13-20-14-8-16-23(27-25)24(20)22/h1-17,26-27H/b21-17+. The highest BCUT2D eigenvalue weighted by molar-refractivity contribution is 6.86. The van der Waals surface area contributed by atoms with E-state index in [4.69, 9.17) is 0 Å². The number of anilines is 2. The van der Waals surface area contributed by atoms with Gasteiger partial charge < -0.3 is 10.5 Å². The minimum absolute atomic E-state index is 0.00638. The number of benzene rings is 4. The zero-order valence-corrected chi connectivity index (χ0v) is 14.9. The maximum Gasteiger partial charge on any atom is 0.406 e. The van der Waals surface area contributed by atoms with Crippen LogP contribution in [0.15, 0.2) is 97.1 Å². The zero-order valence-electron chi connectivity index (χ0n) is 14.9. The second-order valence-corrected chi connectivity index (χ2v) is 6.81. The molecule has 0 aromatic heterocycles. The third-order valence-corrected chi connectivity index (χ3v) is 5.04. The second kappa shape index (κ2) is 6.69. The normalized spacial score (nSPS) is 13.2. The minimum atomic E-state index is -0.00638. The minimum Gasteiger partial charge on any atom is -0.405 e. The molecule has 1 aliphatic heterocycles. The van der Waals surface area contributed by atoms with Gasteiger partial charge in [0.25, 0.3) is 0 Å². The first kappa shape index (κ1) is 15.8. The largest absolute Gasteiger partial charge is 0.406 e. The summed E-state index contributed by atoms with van der Waals surface area (Å²) in [5.74, 6) is 0. The summed E-state index contributed by atoms with van der Waals surface area (Å²) in [6.07, 6.45) is 2.26. The molecule has 0 amide bonds. The average Bonchev–Trinajstić information content (AvgIpc) is 2.74. The van der Waals surface area contributed by atoms with E-state index < -0.39 is 0 Å². The number of nitrogens with one attached hydrogen (secondary N) is 2. The molecule has 5 rings (SSSR count). The van der Waals surface area contributed by atoms with Crippen molar-refractivity contribution in [2.75, 3.05) is 10.5 Å².